The molecule has 0 aliphatic rings. The minimum Gasteiger partial charge on any atom is -0.324 e. The number of rotatable bonds is 3. The molecule has 24 heavy (non-hydrogen) atoms. The summed E-state index contributed by atoms with van der Waals surface area (Å²) in [5.41, 5.74) is 1.80. The van der Waals surface area contributed by atoms with E-state index in [4.69, 9.17) is 11.6 Å². The highest BCUT2D eigenvalue weighted by molar-refractivity contribution is 6.34. The summed E-state index contributed by atoms with van der Waals surface area (Å²) in [6, 6.07) is 17.0. The van der Waals surface area contributed by atoms with E-state index in [1.165, 1.54) is 0 Å². The maximum atomic E-state index is 12.0. The average Bonchev–Trinajstić information content (AvgIpc) is 3.10. The molecule has 2 N–H and O–H groups in total. The maximum absolute atomic E-state index is 12.0. The van der Waals surface area contributed by atoms with Gasteiger partial charge in [0, 0.05) is 23.8 Å². The van der Waals surface area contributed by atoms with Gasteiger partial charge < -0.3 is 9.88 Å². The van der Waals surface area contributed by atoms with E-state index in [1.54, 1.807) is 36.4 Å². The zero-order chi connectivity index (χ0) is 16.9. The molecule has 120 valence electrons. The lowest BCUT2D eigenvalue weighted by Gasteiger charge is -2.09. The molecule has 0 saturated heterocycles. The number of carbonyl (C=O) groups excluding carboxylic acids is 2. The van der Waals surface area contributed by atoms with Crippen molar-refractivity contribution >= 4 is 29.2 Å². The predicted octanol–water partition coefficient (Wildman–Crippen LogP) is 4.09. The van der Waals surface area contributed by atoms with Crippen LogP contribution in [-0.2, 0) is 0 Å². The van der Waals surface area contributed by atoms with Crippen LogP contribution in [0.25, 0.3) is 5.69 Å². The molecule has 5 nitrogen and oxygen atoms in total. The van der Waals surface area contributed by atoms with Crippen molar-refractivity contribution in [3.63, 3.8) is 0 Å². The molecule has 0 aliphatic heterocycles. The van der Waals surface area contributed by atoms with Crippen LogP contribution in [0.5, 0.6) is 0 Å². The lowest BCUT2D eigenvalue weighted by Crippen LogP contribution is -2.34. The van der Waals surface area contributed by atoms with Crippen LogP contribution < -0.4 is 10.6 Å². The normalized spacial score (nSPS) is 10.2. The smallest absolute Gasteiger partial charge is 0.324 e. The van der Waals surface area contributed by atoms with Crippen molar-refractivity contribution in [2.24, 2.45) is 0 Å². The van der Waals surface area contributed by atoms with E-state index in [0.29, 0.717) is 10.7 Å². The van der Waals surface area contributed by atoms with E-state index in [0.717, 1.165) is 5.69 Å². The molecule has 0 atom stereocenters. The molecule has 1 aromatic heterocycles. The lowest BCUT2D eigenvalue weighted by molar-refractivity contribution is 0.0967. The van der Waals surface area contributed by atoms with Crippen LogP contribution >= 0.6 is 11.6 Å². The van der Waals surface area contributed by atoms with Gasteiger partial charge in [-0.3, -0.25) is 10.1 Å². The Morgan fingerprint density at radius 3 is 2.21 bits per heavy atom. The standard InChI is InChI=1S/C18H14ClN3O2/c19-16-6-2-1-5-15(16)17(23)21-18(24)20-13-7-9-14(10-8-13)22-11-3-4-12-22/h1-12H,(H2,20,21,23,24). The van der Waals surface area contributed by atoms with E-state index in [9.17, 15) is 9.59 Å². The van der Waals surface area contributed by atoms with Crippen molar-refractivity contribution in [3.05, 3.63) is 83.6 Å². The van der Waals surface area contributed by atoms with Crippen LogP contribution in [0.4, 0.5) is 10.5 Å². The third-order valence-electron chi connectivity index (χ3n) is 3.37. The average molecular weight is 340 g/mol. The molecule has 0 radical (unpaired) electrons. The topological polar surface area (TPSA) is 63.1 Å². The Hall–Kier alpha value is -3.05. The van der Waals surface area contributed by atoms with Gasteiger partial charge >= 0.3 is 6.03 Å². The Balaban J connectivity index is 1.63. The van der Waals surface area contributed by atoms with Gasteiger partial charge in [-0.15, -0.1) is 0 Å². The fourth-order valence-electron chi connectivity index (χ4n) is 2.20. The first-order valence-corrected chi connectivity index (χ1v) is 7.61. The molecule has 2 aromatic carbocycles. The highest BCUT2D eigenvalue weighted by Crippen LogP contribution is 2.15. The summed E-state index contributed by atoms with van der Waals surface area (Å²) < 4.78 is 1.95. The van der Waals surface area contributed by atoms with Gasteiger partial charge in [0.15, 0.2) is 0 Å². The van der Waals surface area contributed by atoms with E-state index in [2.05, 4.69) is 10.6 Å². The van der Waals surface area contributed by atoms with Gasteiger partial charge in [0.2, 0.25) is 0 Å². The molecule has 0 unspecified atom stereocenters. The number of imide groups is 1. The molecule has 0 aliphatic carbocycles. The molecule has 1 heterocycles. The second-order valence-electron chi connectivity index (χ2n) is 5.03. The third kappa shape index (κ3) is 3.64. The van der Waals surface area contributed by atoms with Crippen LogP contribution in [0.2, 0.25) is 5.02 Å². The number of nitrogens with zero attached hydrogens (tertiary/aromatic N) is 1. The van der Waals surface area contributed by atoms with E-state index in [1.807, 2.05) is 41.2 Å². The number of amides is 3. The Morgan fingerprint density at radius 1 is 0.875 bits per heavy atom. The van der Waals surface area contributed by atoms with Gasteiger partial charge in [0.05, 0.1) is 10.6 Å². The molecule has 3 aromatic rings. The predicted molar refractivity (Wildman–Crippen MR) is 93.7 cm³/mol. The van der Waals surface area contributed by atoms with Gasteiger partial charge in [0.25, 0.3) is 5.91 Å². The number of hydrogen-bond donors (Lipinski definition) is 2. The van der Waals surface area contributed by atoms with Crippen LogP contribution in [0, 0.1) is 0 Å². The number of aromatic nitrogens is 1. The Labute approximate surface area is 143 Å². The largest absolute Gasteiger partial charge is 0.326 e. The van der Waals surface area contributed by atoms with Crippen molar-refractivity contribution in [1.29, 1.82) is 0 Å². The van der Waals surface area contributed by atoms with Crippen LogP contribution in [0.1, 0.15) is 10.4 Å². The van der Waals surface area contributed by atoms with E-state index < -0.39 is 11.9 Å². The summed E-state index contributed by atoms with van der Waals surface area (Å²) in [6.45, 7) is 0. The molecule has 0 bridgehead atoms. The number of anilines is 1. The lowest BCUT2D eigenvalue weighted by atomic mass is 10.2. The first kappa shape index (κ1) is 15.8. The van der Waals surface area contributed by atoms with Crippen molar-refractivity contribution in [3.8, 4) is 5.69 Å². The second-order valence-corrected chi connectivity index (χ2v) is 5.43. The molecule has 0 spiro atoms. The molecule has 0 saturated carbocycles. The van der Waals surface area contributed by atoms with Gasteiger partial charge in [-0.05, 0) is 48.5 Å². The zero-order valence-electron chi connectivity index (χ0n) is 12.6. The van der Waals surface area contributed by atoms with Crippen molar-refractivity contribution in [1.82, 2.24) is 9.88 Å². The van der Waals surface area contributed by atoms with Crippen molar-refractivity contribution in [2.45, 2.75) is 0 Å². The zero-order valence-corrected chi connectivity index (χ0v) is 13.3. The van der Waals surface area contributed by atoms with Crippen LogP contribution in [-0.4, -0.2) is 16.5 Å². The number of benzene rings is 2. The summed E-state index contributed by atoms with van der Waals surface area (Å²) in [5.74, 6) is -0.554. The molecule has 3 amide bonds. The SMILES string of the molecule is O=C(NC(=O)c1ccccc1Cl)Nc1ccc(-n2cccc2)cc1. The minimum atomic E-state index is -0.617. The number of nitrogens with one attached hydrogen (secondary N) is 2. The van der Waals surface area contributed by atoms with E-state index >= 15 is 0 Å². The minimum absolute atomic E-state index is 0.247. The maximum Gasteiger partial charge on any atom is 0.326 e. The summed E-state index contributed by atoms with van der Waals surface area (Å²) in [4.78, 5) is 23.9. The number of urea groups is 1. The van der Waals surface area contributed by atoms with Crippen molar-refractivity contribution < 1.29 is 9.59 Å². The van der Waals surface area contributed by atoms with Crippen LogP contribution in [0.15, 0.2) is 73.1 Å². The van der Waals surface area contributed by atoms with Gasteiger partial charge in [0.1, 0.15) is 0 Å². The molecule has 3 rings (SSSR count). The summed E-state index contributed by atoms with van der Waals surface area (Å²) in [6.07, 6.45) is 3.86. The Kier molecular flexibility index (Phi) is 4.63. The molecular weight excluding hydrogens is 326 g/mol. The fraction of sp³-hybridized carbons (Fsp3) is 0. The summed E-state index contributed by atoms with van der Waals surface area (Å²) in [5, 5.41) is 5.15. The van der Waals surface area contributed by atoms with E-state index in [-0.39, 0.29) is 5.56 Å². The monoisotopic (exact) mass is 339 g/mol. The van der Waals surface area contributed by atoms with Gasteiger partial charge in [-0.2, -0.15) is 0 Å². The third-order valence-corrected chi connectivity index (χ3v) is 3.70. The summed E-state index contributed by atoms with van der Waals surface area (Å²) in [7, 11) is 0. The fourth-order valence-corrected chi connectivity index (χ4v) is 2.42. The first-order chi connectivity index (χ1) is 11.6. The van der Waals surface area contributed by atoms with Crippen LogP contribution in [0.3, 0.4) is 0 Å². The quantitative estimate of drug-likeness (QED) is 0.754. The highest BCUT2D eigenvalue weighted by Gasteiger charge is 2.13. The molecule has 0 fully saturated rings. The Bertz CT molecular complexity index is 858. The van der Waals surface area contributed by atoms with Crippen molar-refractivity contribution in [2.75, 3.05) is 5.32 Å². The summed E-state index contributed by atoms with van der Waals surface area (Å²) >= 11 is 5.93. The van der Waals surface area contributed by atoms with Gasteiger partial charge in [-0.1, -0.05) is 23.7 Å². The number of halogens is 1. The number of hydrogen-bond acceptors (Lipinski definition) is 2. The Morgan fingerprint density at radius 2 is 1.54 bits per heavy atom. The van der Waals surface area contributed by atoms with Gasteiger partial charge in [-0.25, -0.2) is 4.79 Å². The molecular formula is C18H14ClN3O2. The number of carbonyl (C=O) groups is 2. The highest BCUT2D eigenvalue weighted by atomic mass is 35.5. The first-order valence-electron chi connectivity index (χ1n) is 7.24. The molecule has 6 heteroatoms. The second kappa shape index (κ2) is 7.02.